The summed E-state index contributed by atoms with van der Waals surface area (Å²) in [6.45, 7) is 3.11. The van der Waals surface area contributed by atoms with Crippen LogP contribution in [0.2, 0.25) is 0 Å². The Morgan fingerprint density at radius 3 is 1.53 bits per heavy atom. The molecule has 0 unspecified atom stereocenters. The number of aliphatic carboxylic acids is 1. The van der Waals surface area contributed by atoms with Crippen LogP contribution in [0.5, 0.6) is 0 Å². The Balaban J connectivity index is 0.000000224. The number of rotatable bonds is 3. The first-order chi connectivity index (χ1) is 9.15. The Hall–Kier alpha value is -2.26. The fraction of sp³-hybridized carbons (Fsp3) is 0. The minimum absolute atomic E-state index is 0.0463. The van der Waals surface area contributed by atoms with Gasteiger partial charge in [0.05, 0.1) is 5.57 Å². The summed E-state index contributed by atoms with van der Waals surface area (Å²) in [5, 5.41) is 9.01. The predicted molar refractivity (Wildman–Crippen MR) is 82.3 cm³/mol. The average molecular weight is 270 g/mol. The zero-order valence-corrected chi connectivity index (χ0v) is 11.1. The van der Waals surface area contributed by atoms with E-state index in [-0.39, 0.29) is 5.57 Å². The number of hydrogen-bond acceptors (Lipinski definition) is 2. The summed E-state index contributed by atoms with van der Waals surface area (Å²) in [4.78, 5) is 9.73. The second-order valence-electron chi connectivity index (χ2n) is 3.68. The van der Waals surface area contributed by atoms with E-state index in [0.717, 1.165) is 5.37 Å². The molecule has 0 heterocycles. The van der Waals surface area contributed by atoms with Crippen molar-refractivity contribution in [1.82, 2.24) is 0 Å². The number of carbonyl (C=O) groups is 1. The van der Waals surface area contributed by atoms with Gasteiger partial charge < -0.3 is 5.11 Å². The van der Waals surface area contributed by atoms with Crippen LogP contribution < -0.4 is 0 Å². The Labute approximate surface area is 118 Å². The Morgan fingerprint density at radius 1 is 0.947 bits per heavy atom. The maximum absolute atomic E-state index is 9.73. The zero-order chi connectivity index (χ0) is 14.1. The van der Waals surface area contributed by atoms with Gasteiger partial charge in [-0.3, -0.25) is 0 Å². The highest BCUT2D eigenvalue weighted by molar-refractivity contribution is 7.79. The number of thiocarbonyl (C=S) groups is 1. The molecule has 0 atom stereocenters. The molecule has 0 aliphatic carbocycles. The summed E-state index contributed by atoms with van der Waals surface area (Å²) in [5.41, 5.74) is 2.51. The first-order valence-electron chi connectivity index (χ1n) is 5.63. The minimum atomic E-state index is -1.06. The van der Waals surface area contributed by atoms with E-state index < -0.39 is 5.97 Å². The second kappa shape index (κ2) is 7.95. The van der Waals surface area contributed by atoms with E-state index >= 15 is 0 Å². The van der Waals surface area contributed by atoms with Gasteiger partial charge in [-0.2, -0.15) is 0 Å². The molecule has 0 saturated heterocycles. The van der Waals surface area contributed by atoms with Crippen molar-refractivity contribution in [1.29, 1.82) is 0 Å². The molecule has 3 heteroatoms. The monoisotopic (exact) mass is 270 g/mol. The van der Waals surface area contributed by atoms with E-state index in [1.54, 1.807) is 0 Å². The van der Waals surface area contributed by atoms with Crippen LogP contribution in [0.15, 0.2) is 72.8 Å². The van der Waals surface area contributed by atoms with Crippen molar-refractivity contribution in [3.8, 4) is 11.1 Å². The molecule has 0 aromatic heterocycles. The van der Waals surface area contributed by atoms with Crippen molar-refractivity contribution in [2.45, 2.75) is 0 Å². The molecular formula is C16H14O2S. The van der Waals surface area contributed by atoms with Crippen molar-refractivity contribution < 1.29 is 9.90 Å². The topological polar surface area (TPSA) is 37.3 Å². The molecule has 0 spiro atoms. The van der Waals surface area contributed by atoms with Gasteiger partial charge in [-0.15, -0.1) is 0 Å². The van der Waals surface area contributed by atoms with Crippen LogP contribution in [0.1, 0.15) is 0 Å². The molecule has 0 radical (unpaired) electrons. The molecular weight excluding hydrogens is 256 g/mol. The lowest BCUT2D eigenvalue weighted by molar-refractivity contribution is -0.131. The van der Waals surface area contributed by atoms with Gasteiger partial charge in [0.15, 0.2) is 0 Å². The highest BCUT2D eigenvalue weighted by Crippen LogP contribution is 2.17. The fourth-order valence-corrected chi connectivity index (χ4v) is 1.41. The van der Waals surface area contributed by atoms with Gasteiger partial charge >= 0.3 is 5.97 Å². The maximum atomic E-state index is 9.73. The van der Waals surface area contributed by atoms with Crippen LogP contribution in [0, 0.1) is 0 Å². The standard InChI is InChI=1S/C12H10.C4H4O2S/c1-3-7-11(8-4-1)12-9-5-2-6-10-12;1-3(2-7)4(5)6/h1-10H;2H,1H2,(H,5,6). The molecule has 0 saturated carbocycles. The first kappa shape index (κ1) is 14.8. The van der Waals surface area contributed by atoms with Gasteiger partial charge in [-0.1, -0.05) is 79.5 Å². The van der Waals surface area contributed by atoms with E-state index in [1.807, 2.05) is 12.1 Å². The summed E-state index contributed by atoms with van der Waals surface area (Å²) in [6.07, 6.45) is 0. The van der Waals surface area contributed by atoms with Gasteiger partial charge in [0.1, 0.15) is 0 Å². The zero-order valence-electron chi connectivity index (χ0n) is 10.3. The third kappa shape index (κ3) is 5.27. The van der Waals surface area contributed by atoms with Crippen LogP contribution in [0.3, 0.4) is 0 Å². The van der Waals surface area contributed by atoms with E-state index in [0.29, 0.717) is 0 Å². The van der Waals surface area contributed by atoms with Crippen LogP contribution in [0.4, 0.5) is 0 Å². The molecule has 0 bridgehead atoms. The van der Waals surface area contributed by atoms with E-state index in [4.69, 9.17) is 5.11 Å². The van der Waals surface area contributed by atoms with Gasteiger partial charge in [0.25, 0.3) is 0 Å². The van der Waals surface area contributed by atoms with Crippen molar-refractivity contribution in [3.05, 3.63) is 72.8 Å². The normalized spacial score (nSPS) is 8.84. The van der Waals surface area contributed by atoms with Crippen molar-refractivity contribution >= 4 is 23.6 Å². The largest absolute Gasteiger partial charge is 0.478 e. The lowest BCUT2D eigenvalue weighted by Gasteiger charge is -1.98. The minimum Gasteiger partial charge on any atom is -0.478 e. The quantitative estimate of drug-likeness (QED) is 0.677. The summed E-state index contributed by atoms with van der Waals surface area (Å²) in [5.74, 6) is -1.06. The van der Waals surface area contributed by atoms with Crippen LogP contribution in [-0.2, 0) is 4.79 Å². The second-order valence-corrected chi connectivity index (χ2v) is 3.92. The molecule has 0 amide bonds. The molecule has 2 nitrogen and oxygen atoms in total. The molecule has 2 aromatic rings. The van der Waals surface area contributed by atoms with E-state index in [1.165, 1.54) is 11.1 Å². The van der Waals surface area contributed by atoms with Crippen LogP contribution in [0.25, 0.3) is 11.1 Å². The maximum Gasteiger partial charge on any atom is 0.335 e. The lowest BCUT2D eigenvalue weighted by atomic mass is 10.1. The molecule has 0 fully saturated rings. The molecule has 2 aromatic carbocycles. The molecule has 19 heavy (non-hydrogen) atoms. The number of carboxylic acid groups (broad SMARTS) is 1. The number of benzene rings is 2. The van der Waals surface area contributed by atoms with Gasteiger partial charge in [0.2, 0.25) is 0 Å². The van der Waals surface area contributed by atoms with Crippen molar-refractivity contribution in [2.75, 3.05) is 0 Å². The molecule has 0 aliphatic heterocycles. The Morgan fingerprint density at radius 2 is 1.32 bits per heavy atom. The molecule has 0 aliphatic rings. The lowest BCUT2D eigenvalue weighted by Crippen LogP contribution is -1.97. The van der Waals surface area contributed by atoms with E-state index in [2.05, 4.69) is 67.3 Å². The summed E-state index contributed by atoms with van der Waals surface area (Å²) in [6, 6.07) is 20.8. The molecule has 1 N–H and O–H groups in total. The highest BCUT2D eigenvalue weighted by atomic mass is 32.1. The van der Waals surface area contributed by atoms with Crippen molar-refractivity contribution in [2.24, 2.45) is 0 Å². The Bertz CT molecular complexity index is 510. The molecule has 96 valence electrons. The smallest absolute Gasteiger partial charge is 0.335 e. The van der Waals surface area contributed by atoms with Crippen molar-refractivity contribution in [3.63, 3.8) is 0 Å². The molecule has 2 rings (SSSR count). The van der Waals surface area contributed by atoms with Gasteiger partial charge in [-0.25, -0.2) is 4.79 Å². The number of carboxylic acids is 1. The summed E-state index contributed by atoms with van der Waals surface area (Å²) in [7, 11) is 0. The first-order valence-corrected chi connectivity index (χ1v) is 6.10. The summed E-state index contributed by atoms with van der Waals surface area (Å²) < 4.78 is 0. The Kier molecular flexibility index (Phi) is 6.19. The van der Waals surface area contributed by atoms with Crippen LogP contribution in [-0.4, -0.2) is 16.4 Å². The van der Waals surface area contributed by atoms with Gasteiger partial charge in [-0.05, 0) is 11.1 Å². The van der Waals surface area contributed by atoms with Gasteiger partial charge in [0, 0.05) is 5.37 Å². The fourth-order valence-electron chi connectivity index (χ4n) is 1.31. The van der Waals surface area contributed by atoms with Crippen LogP contribution >= 0.6 is 12.2 Å². The third-order valence-corrected chi connectivity index (χ3v) is 2.58. The SMILES string of the molecule is C=C(C=S)C(=O)O.c1ccc(-c2ccccc2)cc1. The number of hydrogen-bond donors (Lipinski definition) is 1. The average Bonchev–Trinajstić information content (AvgIpc) is 2.49. The third-order valence-electron chi connectivity index (χ3n) is 2.30. The van der Waals surface area contributed by atoms with E-state index in [9.17, 15) is 4.79 Å². The highest BCUT2D eigenvalue weighted by Gasteiger charge is 1.95. The predicted octanol–water partition coefficient (Wildman–Crippen LogP) is 3.98. The summed E-state index contributed by atoms with van der Waals surface area (Å²) >= 11 is 4.25.